The van der Waals surface area contributed by atoms with Gasteiger partial charge < -0.3 is 25.6 Å². The van der Waals surface area contributed by atoms with Gasteiger partial charge in [-0.1, -0.05) is 30.2 Å². The highest BCUT2D eigenvalue weighted by Crippen LogP contribution is 2.25. The monoisotopic (exact) mass is 552 g/mol. The van der Waals surface area contributed by atoms with Crippen molar-refractivity contribution < 1.29 is 9.53 Å². The van der Waals surface area contributed by atoms with Crippen molar-refractivity contribution in [3.05, 3.63) is 72.4 Å². The molecule has 10 heteroatoms. The van der Waals surface area contributed by atoms with Crippen molar-refractivity contribution in [1.82, 2.24) is 30.2 Å². The van der Waals surface area contributed by atoms with E-state index in [0.29, 0.717) is 32.4 Å². The number of carbonyl (C=O) groups excluding carboxylic acids is 1. The summed E-state index contributed by atoms with van der Waals surface area (Å²) in [6.07, 6.45) is 6.88. The van der Waals surface area contributed by atoms with E-state index in [1.165, 1.54) is 0 Å². The summed E-state index contributed by atoms with van der Waals surface area (Å²) >= 11 is 0. The molecule has 3 N–H and O–H groups in total. The molecule has 1 amide bonds. The van der Waals surface area contributed by atoms with E-state index in [1.54, 1.807) is 18.0 Å². The Morgan fingerprint density at radius 2 is 2.07 bits per heavy atom. The largest absolute Gasteiger partial charge is 0.493 e. The van der Waals surface area contributed by atoms with Crippen molar-refractivity contribution in [2.75, 3.05) is 57.3 Å². The van der Waals surface area contributed by atoms with Crippen LogP contribution in [0, 0.1) is 11.8 Å². The molecular weight excluding hydrogens is 516 g/mol. The minimum Gasteiger partial charge on any atom is -0.493 e. The van der Waals surface area contributed by atoms with Gasteiger partial charge in [-0.15, -0.1) is 0 Å². The van der Waals surface area contributed by atoms with E-state index in [9.17, 15) is 4.79 Å². The van der Waals surface area contributed by atoms with Crippen LogP contribution >= 0.6 is 0 Å². The van der Waals surface area contributed by atoms with E-state index in [4.69, 9.17) is 9.72 Å². The van der Waals surface area contributed by atoms with E-state index in [-0.39, 0.29) is 5.91 Å². The number of hydrogen-bond donors (Lipinski definition) is 3. The van der Waals surface area contributed by atoms with Crippen molar-refractivity contribution in [3.63, 3.8) is 0 Å². The minimum absolute atomic E-state index is 0.128. The highest BCUT2D eigenvalue weighted by molar-refractivity contribution is 5.93. The molecular formula is C31H36N8O2. The van der Waals surface area contributed by atoms with Gasteiger partial charge in [0.1, 0.15) is 5.75 Å². The number of anilines is 3. The Morgan fingerprint density at radius 3 is 2.95 bits per heavy atom. The van der Waals surface area contributed by atoms with E-state index in [0.717, 1.165) is 60.0 Å². The molecule has 0 atom stereocenters. The van der Waals surface area contributed by atoms with Crippen LogP contribution in [0.2, 0.25) is 0 Å². The van der Waals surface area contributed by atoms with E-state index in [2.05, 4.69) is 73.1 Å². The first kappa shape index (κ1) is 28.1. The zero-order valence-electron chi connectivity index (χ0n) is 23.6. The van der Waals surface area contributed by atoms with Crippen LogP contribution in [0.15, 0.2) is 66.9 Å². The molecule has 2 aliphatic rings. The summed E-state index contributed by atoms with van der Waals surface area (Å²) in [6, 6.07) is 16.2. The van der Waals surface area contributed by atoms with Crippen LogP contribution in [0.1, 0.15) is 18.9 Å². The molecule has 0 radical (unpaired) electrons. The van der Waals surface area contributed by atoms with E-state index < -0.39 is 0 Å². The molecule has 3 aromatic rings. The van der Waals surface area contributed by atoms with Gasteiger partial charge in [0.05, 0.1) is 25.6 Å². The summed E-state index contributed by atoms with van der Waals surface area (Å²) < 4.78 is 5.94. The van der Waals surface area contributed by atoms with Crippen LogP contribution in [0.25, 0.3) is 11.3 Å². The standard InChI is InChI=1S/C31H36N8O2/c1-3-8-30(40)38-22-39(23-38)37(2)15-14-33-26-17-24-18-27(20-26)35-31-34-13-11-29(36-31)25-9-7-10-28(19-25)41-16-6-4-5-12-32-21-24/h4-5,7,9-11,13,17-20,32-33H,6,12,14-16,21-23H2,1-2H3,(H,34,35,36)/b5-4+. The smallest absolute Gasteiger partial charge is 0.300 e. The number of nitrogens with zero attached hydrogens (tertiary/aromatic N) is 5. The first-order valence-electron chi connectivity index (χ1n) is 13.8. The van der Waals surface area contributed by atoms with Crippen molar-refractivity contribution in [2.24, 2.45) is 0 Å². The molecule has 0 unspecified atom stereocenters. The Labute approximate surface area is 241 Å². The maximum Gasteiger partial charge on any atom is 0.300 e. The highest BCUT2D eigenvalue weighted by Gasteiger charge is 2.29. The third-order valence-electron chi connectivity index (χ3n) is 6.78. The van der Waals surface area contributed by atoms with Gasteiger partial charge in [-0.05, 0) is 61.2 Å². The zero-order chi connectivity index (χ0) is 28.4. The van der Waals surface area contributed by atoms with Gasteiger partial charge in [-0.2, -0.15) is 0 Å². The first-order valence-corrected chi connectivity index (χ1v) is 13.8. The second-order valence-electron chi connectivity index (χ2n) is 9.89. The lowest BCUT2D eigenvalue weighted by Gasteiger charge is -2.45. The lowest BCUT2D eigenvalue weighted by molar-refractivity contribution is -0.174. The Kier molecular flexibility index (Phi) is 9.44. The predicted octanol–water partition coefficient (Wildman–Crippen LogP) is 3.66. The summed E-state index contributed by atoms with van der Waals surface area (Å²) in [5.74, 6) is 6.48. The SMILES string of the molecule is CC#CC(=O)N1CN(N(C)CCNc2cc3cc(c2)Nc2nccc(n2)-c2cccc(c2)OCC/C=C/CNC3)C1. The lowest BCUT2D eigenvalue weighted by Crippen LogP contribution is -2.63. The molecule has 2 aromatic carbocycles. The average Bonchev–Trinajstić information content (AvgIpc) is 2.94. The number of benzene rings is 2. The molecule has 1 aromatic heterocycles. The molecule has 10 nitrogen and oxygen atoms in total. The Bertz CT molecular complexity index is 1440. The van der Waals surface area contributed by atoms with Gasteiger partial charge in [0, 0.05) is 56.4 Å². The number of fused-ring (bicyclic) bond motifs is 7. The molecule has 1 fully saturated rings. The fourth-order valence-electron chi connectivity index (χ4n) is 4.55. The minimum atomic E-state index is -0.128. The van der Waals surface area contributed by atoms with Crippen LogP contribution in [-0.2, 0) is 11.3 Å². The zero-order valence-corrected chi connectivity index (χ0v) is 23.6. The van der Waals surface area contributed by atoms with Gasteiger partial charge >= 0.3 is 5.91 Å². The van der Waals surface area contributed by atoms with Gasteiger partial charge in [0.25, 0.3) is 0 Å². The Morgan fingerprint density at radius 1 is 1.17 bits per heavy atom. The lowest BCUT2D eigenvalue weighted by atomic mass is 10.1. The number of likely N-dealkylation sites (N-methyl/N-ethyl adjacent to an activating group) is 1. The van der Waals surface area contributed by atoms with Crippen molar-refractivity contribution in [3.8, 4) is 28.8 Å². The predicted molar refractivity (Wildman–Crippen MR) is 161 cm³/mol. The van der Waals surface area contributed by atoms with E-state index in [1.807, 2.05) is 37.4 Å². The van der Waals surface area contributed by atoms with Crippen LogP contribution in [0.5, 0.6) is 5.75 Å². The van der Waals surface area contributed by atoms with Crippen molar-refractivity contribution in [1.29, 1.82) is 0 Å². The fraction of sp³-hybridized carbons (Fsp3) is 0.323. The molecule has 1 saturated heterocycles. The summed E-state index contributed by atoms with van der Waals surface area (Å²) in [5.41, 5.74) is 4.84. The third-order valence-corrected chi connectivity index (χ3v) is 6.78. The second-order valence-corrected chi connectivity index (χ2v) is 9.89. The second kappa shape index (κ2) is 13.8. The average molecular weight is 553 g/mol. The van der Waals surface area contributed by atoms with Gasteiger partial charge in [0.2, 0.25) is 5.95 Å². The Hall–Kier alpha value is -4.43. The number of nitrogens with one attached hydrogen (secondary N) is 3. The summed E-state index contributed by atoms with van der Waals surface area (Å²) in [6.45, 7) is 6.42. The maximum absolute atomic E-state index is 11.9. The number of carbonyl (C=O) groups is 1. The molecule has 2 aliphatic heterocycles. The van der Waals surface area contributed by atoms with Gasteiger partial charge in [0.15, 0.2) is 0 Å². The fourth-order valence-corrected chi connectivity index (χ4v) is 4.55. The normalized spacial score (nSPS) is 16.1. The molecule has 5 rings (SSSR count). The van der Waals surface area contributed by atoms with Gasteiger partial charge in [-0.3, -0.25) is 4.79 Å². The molecule has 0 spiro atoms. The van der Waals surface area contributed by atoms with Crippen LogP contribution in [0.4, 0.5) is 17.3 Å². The molecule has 41 heavy (non-hydrogen) atoms. The number of hydrogen-bond acceptors (Lipinski definition) is 9. The Balaban J connectivity index is 1.28. The summed E-state index contributed by atoms with van der Waals surface area (Å²) in [7, 11) is 2.03. The summed E-state index contributed by atoms with van der Waals surface area (Å²) in [4.78, 5) is 22.8. The maximum atomic E-state index is 11.9. The van der Waals surface area contributed by atoms with Gasteiger partial charge in [-0.25, -0.2) is 20.0 Å². The number of hydrazine groups is 1. The molecule has 212 valence electrons. The van der Waals surface area contributed by atoms with E-state index >= 15 is 0 Å². The topological polar surface area (TPSA) is 97.9 Å². The number of ether oxygens (including phenoxy) is 1. The van der Waals surface area contributed by atoms with Crippen LogP contribution < -0.4 is 20.7 Å². The van der Waals surface area contributed by atoms with Crippen molar-refractivity contribution >= 4 is 23.2 Å². The molecule has 6 bridgehead atoms. The molecule has 3 heterocycles. The molecule has 0 aliphatic carbocycles. The van der Waals surface area contributed by atoms with Crippen molar-refractivity contribution in [2.45, 2.75) is 19.9 Å². The quantitative estimate of drug-likeness (QED) is 0.324. The third kappa shape index (κ3) is 7.83. The number of aromatic nitrogens is 2. The highest BCUT2D eigenvalue weighted by atomic mass is 16.5. The van der Waals surface area contributed by atoms with Crippen LogP contribution in [0.3, 0.4) is 0 Å². The van der Waals surface area contributed by atoms with Crippen LogP contribution in [-0.4, -0.2) is 77.4 Å². The number of amides is 1. The number of rotatable bonds is 5. The first-order chi connectivity index (χ1) is 20.1. The summed E-state index contributed by atoms with van der Waals surface area (Å²) in [5, 5.41) is 14.7. The molecule has 0 saturated carbocycles.